The van der Waals surface area contributed by atoms with Crippen molar-refractivity contribution in [3.8, 4) is 0 Å². The first kappa shape index (κ1) is 11.4. The fraction of sp³-hybridized carbons (Fsp3) is 0.714. The van der Waals surface area contributed by atoms with Crippen LogP contribution in [0, 0.1) is 0 Å². The molecule has 0 aliphatic heterocycles. The quantitative estimate of drug-likeness (QED) is 0.553. The predicted octanol–water partition coefficient (Wildman–Crippen LogP) is -1.62. The Balaban J connectivity index is 2.20. The maximum atomic E-state index is 11.2. The van der Waals surface area contributed by atoms with Crippen LogP contribution in [0.1, 0.15) is 0 Å². The Morgan fingerprint density at radius 1 is 1.60 bits per heavy atom. The molecule has 0 spiro atoms. The molecule has 0 unspecified atom stereocenters. The van der Waals surface area contributed by atoms with Gasteiger partial charge >= 0.3 is 0 Å². The van der Waals surface area contributed by atoms with E-state index in [9.17, 15) is 4.79 Å². The molecule has 1 aromatic rings. The van der Waals surface area contributed by atoms with Gasteiger partial charge in [0.25, 0.3) is 0 Å². The van der Waals surface area contributed by atoms with Gasteiger partial charge in [0.2, 0.25) is 11.9 Å². The molecule has 15 heavy (non-hydrogen) atoms. The molecule has 0 aliphatic carbocycles. The number of hydrogen-bond donors (Lipinski definition) is 2. The number of aromatic nitrogens is 4. The number of tetrazole rings is 1. The summed E-state index contributed by atoms with van der Waals surface area (Å²) >= 11 is 0. The van der Waals surface area contributed by atoms with E-state index in [-0.39, 0.29) is 12.5 Å². The molecule has 2 N–H and O–H groups in total. The number of ether oxygens (including phenoxy) is 1. The molecule has 1 amide bonds. The van der Waals surface area contributed by atoms with E-state index >= 15 is 0 Å². The molecule has 0 atom stereocenters. The number of anilines is 1. The minimum Gasteiger partial charge on any atom is -0.383 e. The number of methoxy groups -OCH3 is 1. The summed E-state index contributed by atoms with van der Waals surface area (Å²) < 4.78 is 6.24. The molecule has 1 aromatic heterocycles. The molecule has 0 saturated carbocycles. The van der Waals surface area contributed by atoms with E-state index in [1.165, 1.54) is 4.68 Å². The second-order valence-electron chi connectivity index (χ2n) is 2.82. The van der Waals surface area contributed by atoms with E-state index in [2.05, 4.69) is 26.2 Å². The molecule has 8 nitrogen and oxygen atoms in total. The third-order valence-corrected chi connectivity index (χ3v) is 1.66. The van der Waals surface area contributed by atoms with E-state index in [1.54, 1.807) is 14.2 Å². The highest BCUT2D eigenvalue weighted by Crippen LogP contribution is 1.93. The molecule has 84 valence electrons. The Morgan fingerprint density at radius 2 is 2.40 bits per heavy atom. The second kappa shape index (κ2) is 5.91. The number of carbonyl (C=O) groups excluding carboxylic acids is 1. The zero-order valence-corrected chi connectivity index (χ0v) is 8.73. The summed E-state index contributed by atoms with van der Waals surface area (Å²) in [6, 6.07) is 0. The molecule has 8 heteroatoms. The van der Waals surface area contributed by atoms with Crippen molar-refractivity contribution in [3.05, 3.63) is 0 Å². The Bertz CT molecular complexity index is 312. The molecular formula is C7H14N6O2. The van der Waals surface area contributed by atoms with Crippen LogP contribution >= 0.6 is 0 Å². The van der Waals surface area contributed by atoms with Gasteiger partial charge in [-0.3, -0.25) is 4.79 Å². The molecule has 0 bridgehead atoms. The highest BCUT2D eigenvalue weighted by molar-refractivity contribution is 5.80. The SMILES string of the molecule is COCCNC(=O)CNc1nnnn1C. The van der Waals surface area contributed by atoms with Crippen LogP contribution in [-0.4, -0.2) is 52.9 Å². The molecule has 0 saturated heterocycles. The van der Waals surface area contributed by atoms with Gasteiger partial charge < -0.3 is 15.4 Å². The molecule has 1 rings (SSSR count). The van der Waals surface area contributed by atoms with Crippen molar-refractivity contribution in [1.29, 1.82) is 0 Å². The van der Waals surface area contributed by atoms with E-state index in [4.69, 9.17) is 4.74 Å². The van der Waals surface area contributed by atoms with Gasteiger partial charge in [-0.25, -0.2) is 4.68 Å². The maximum Gasteiger partial charge on any atom is 0.243 e. The van der Waals surface area contributed by atoms with Crippen LogP contribution in [-0.2, 0) is 16.6 Å². The van der Waals surface area contributed by atoms with Gasteiger partial charge in [0.05, 0.1) is 13.2 Å². The first-order valence-electron chi connectivity index (χ1n) is 4.46. The van der Waals surface area contributed by atoms with Gasteiger partial charge in [0.1, 0.15) is 0 Å². The Kier molecular flexibility index (Phi) is 4.48. The summed E-state index contributed by atoms with van der Waals surface area (Å²) in [6.45, 7) is 1.13. The van der Waals surface area contributed by atoms with Crippen LogP contribution in [0.2, 0.25) is 0 Å². The molecular weight excluding hydrogens is 200 g/mol. The lowest BCUT2D eigenvalue weighted by molar-refractivity contribution is -0.119. The van der Waals surface area contributed by atoms with E-state index in [1.807, 2.05) is 0 Å². The first-order chi connectivity index (χ1) is 7.24. The van der Waals surface area contributed by atoms with Crippen LogP contribution in [0.5, 0.6) is 0 Å². The van der Waals surface area contributed by atoms with Gasteiger partial charge in [-0.1, -0.05) is 5.10 Å². The Morgan fingerprint density at radius 3 is 3.00 bits per heavy atom. The van der Waals surface area contributed by atoms with Crippen LogP contribution in [0.4, 0.5) is 5.95 Å². The number of nitrogens with one attached hydrogen (secondary N) is 2. The zero-order chi connectivity index (χ0) is 11.1. The minimum absolute atomic E-state index is 0.130. The fourth-order valence-corrected chi connectivity index (χ4v) is 0.894. The van der Waals surface area contributed by atoms with Crippen LogP contribution in [0.25, 0.3) is 0 Å². The number of amides is 1. The average molecular weight is 214 g/mol. The van der Waals surface area contributed by atoms with E-state index in [0.29, 0.717) is 19.1 Å². The van der Waals surface area contributed by atoms with Crippen molar-refractivity contribution in [1.82, 2.24) is 25.5 Å². The Labute approximate surface area is 87.0 Å². The lowest BCUT2D eigenvalue weighted by Gasteiger charge is -2.05. The monoisotopic (exact) mass is 214 g/mol. The number of nitrogens with zero attached hydrogens (tertiary/aromatic N) is 4. The van der Waals surface area contributed by atoms with Crippen molar-refractivity contribution in [2.75, 3.05) is 32.1 Å². The standard InChI is InChI=1S/C7H14N6O2/c1-13-7(10-11-12-13)9-5-6(14)8-3-4-15-2/h3-5H2,1-2H3,(H,8,14)(H,9,10,12). The largest absolute Gasteiger partial charge is 0.383 e. The van der Waals surface area contributed by atoms with Crippen molar-refractivity contribution < 1.29 is 9.53 Å². The van der Waals surface area contributed by atoms with Gasteiger partial charge in [-0.15, -0.1) is 0 Å². The van der Waals surface area contributed by atoms with Gasteiger partial charge in [-0.2, -0.15) is 0 Å². The van der Waals surface area contributed by atoms with Crippen molar-refractivity contribution in [2.24, 2.45) is 7.05 Å². The summed E-state index contributed by atoms with van der Waals surface area (Å²) in [7, 11) is 3.26. The molecule has 1 heterocycles. The fourth-order valence-electron chi connectivity index (χ4n) is 0.894. The predicted molar refractivity (Wildman–Crippen MR) is 52.2 cm³/mol. The Hall–Kier alpha value is -1.70. The van der Waals surface area contributed by atoms with Crippen LogP contribution in [0.3, 0.4) is 0 Å². The normalized spacial score (nSPS) is 10.0. The lowest BCUT2D eigenvalue weighted by atomic mass is 10.5. The van der Waals surface area contributed by atoms with Crippen molar-refractivity contribution >= 4 is 11.9 Å². The van der Waals surface area contributed by atoms with Gasteiger partial charge in [0.15, 0.2) is 0 Å². The summed E-state index contributed by atoms with van der Waals surface area (Å²) in [5.41, 5.74) is 0. The molecule has 0 aliphatic rings. The van der Waals surface area contributed by atoms with E-state index in [0.717, 1.165) is 0 Å². The highest BCUT2D eigenvalue weighted by Gasteiger charge is 2.04. The van der Waals surface area contributed by atoms with Crippen molar-refractivity contribution in [2.45, 2.75) is 0 Å². The molecule has 0 radical (unpaired) electrons. The van der Waals surface area contributed by atoms with Gasteiger partial charge in [0, 0.05) is 20.7 Å². The lowest BCUT2D eigenvalue weighted by Crippen LogP contribution is -2.32. The number of aryl methyl sites for hydroxylation is 1. The topological polar surface area (TPSA) is 94.0 Å². The number of hydrogen-bond acceptors (Lipinski definition) is 6. The first-order valence-corrected chi connectivity index (χ1v) is 4.46. The van der Waals surface area contributed by atoms with Crippen LogP contribution in [0.15, 0.2) is 0 Å². The second-order valence-corrected chi connectivity index (χ2v) is 2.82. The minimum atomic E-state index is -0.130. The molecule has 0 aromatic carbocycles. The maximum absolute atomic E-state index is 11.2. The van der Waals surface area contributed by atoms with E-state index < -0.39 is 0 Å². The summed E-state index contributed by atoms with van der Waals surface area (Å²) in [4.78, 5) is 11.2. The van der Waals surface area contributed by atoms with Crippen molar-refractivity contribution in [3.63, 3.8) is 0 Å². The van der Waals surface area contributed by atoms with Crippen LogP contribution < -0.4 is 10.6 Å². The summed E-state index contributed by atoms with van der Waals surface area (Å²) in [5, 5.41) is 16.2. The summed E-state index contributed by atoms with van der Waals surface area (Å²) in [5.74, 6) is 0.326. The zero-order valence-electron chi connectivity index (χ0n) is 8.73. The number of carbonyl (C=O) groups is 1. The van der Waals surface area contributed by atoms with Gasteiger partial charge in [-0.05, 0) is 10.4 Å². The smallest absolute Gasteiger partial charge is 0.243 e. The third-order valence-electron chi connectivity index (χ3n) is 1.66. The highest BCUT2D eigenvalue weighted by atomic mass is 16.5. The third kappa shape index (κ3) is 3.90. The molecule has 0 fully saturated rings. The number of rotatable bonds is 6. The average Bonchev–Trinajstić information content (AvgIpc) is 2.61. The summed E-state index contributed by atoms with van der Waals surface area (Å²) in [6.07, 6.45) is 0.